The van der Waals surface area contributed by atoms with E-state index in [-0.39, 0.29) is 11.7 Å². The van der Waals surface area contributed by atoms with Crippen LogP contribution in [-0.2, 0) is 6.54 Å². The molecule has 3 aromatic rings. The van der Waals surface area contributed by atoms with Gasteiger partial charge < -0.3 is 19.6 Å². The lowest BCUT2D eigenvalue weighted by Gasteiger charge is -2.06. The summed E-state index contributed by atoms with van der Waals surface area (Å²) in [6.45, 7) is 2.02. The van der Waals surface area contributed by atoms with Gasteiger partial charge in [0.1, 0.15) is 5.76 Å². The first-order valence-electron chi connectivity index (χ1n) is 7.27. The second-order valence-electron chi connectivity index (χ2n) is 5.13. The molecular formula is C17H15N3O4. The molecule has 0 aliphatic carbocycles. The molecule has 1 aromatic carbocycles. The molecule has 0 atom stereocenters. The van der Waals surface area contributed by atoms with Crippen LogP contribution in [0.2, 0.25) is 0 Å². The summed E-state index contributed by atoms with van der Waals surface area (Å²) in [6, 6.07) is 11.7. The number of aromatic nitrogens is 1. The molecule has 0 fully saturated rings. The van der Waals surface area contributed by atoms with Crippen molar-refractivity contribution in [2.75, 3.05) is 5.32 Å². The van der Waals surface area contributed by atoms with Crippen molar-refractivity contribution in [3.63, 3.8) is 0 Å². The molecule has 0 bridgehead atoms. The lowest BCUT2D eigenvalue weighted by molar-refractivity contribution is 0.0946. The van der Waals surface area contributed by atoms with E-state index in [0.29, 0.717) is 29.2 Å². The van der Waals surface area contributed by atoms with Crippen LogP contribution in [0.25, 0.3) is 0 Å². The molecule has 7 nitrogen and oxygen atoms in total. The Morgan fingerprint density at radius 1 is 1.12 bits per heavy atom. The zero-order valence-corrected chi connectivity index (χ0v) is 12.9. The van der Waals surface area contributed by atoms with E-state index >= 15 is 0 Å². The first kappa shape index (κ1) is 15.5. The van der Waals surface area contributed by atoms with Crippen LogP contribution in [0, 0.1) is 6.92 Å². The van der Waals surface area contributed by atoms with Gasteiger partial charge in [0, 0.05) is 17.3 Å². The van der Waals surface area contributed by atoms with Gasteiger partial charge >= 0.3 is 0 Å². The van der Waals surface area contributed by atoms with Crippen LogP contribution in [0.5, 0.6) is 0 Å². The van der Waals surface area contributed by atoms with Gasteiger partial charge in [-0.1, -0.05) is 11.2 Å². The number of carbonyl (C=O) groups is 2. The summed E-state index contributed by atoms with van der Waals surface area (Å²) in [5.41, 5.74) is 1.53. The monoisotopic (exact) mass is 325 g/mol. The molecule has 2 amide bonds. The summed E-state index contributed by atoms with van der Waals surface area (Å²) < 4.78 is 10.1. The predicted octanol–water partition coefficient (Wildman–Crippen LogP) is 2.76. The highest BCUT2D eigenvalue weighted by Crippen LogP contribution is 2.13. The topological polar surface area (TPSA) is 97.4 Å². The number of rotatable bonds is 5. The molecule has 3 rings (SSSR count). The molecule has 0 radical (unpaired) electrons. The molecule has 0 aliphatic rings. The third kappa shape index (κ3) is 3.70. The molecule has 0 spiro atoms. The molecular weight excluding hydrogens is 310 g/mol. The van der Waals surface area contributed by atoms with Gasteiger partial charge in [-0.3, -0.25) is 9.59 Å². The van der Waals surface area contributed by atoms with Crippen LogP contribution in [0.4, 0.5) is 5.69 Å². The summed E-state index contributed by atoms with van der Waals surface area (Å²) in [5, 5.41) is 9.07. The van der Waals surface area contributed by atoms with Gasteiger partial charge in [0.05, 0.1) is 18.5 Å². The average molecular weight is 325 g/mol. The van der Waals surface area contributed by atoms with E-state index in [2.05, 4.69) is 15.8 Å². The Morgan fingerprint density at radius 2 is 2.00 bits per heavy atom. The zero-order valence-electron chi connectivity index (χ0n) is 12.9. The van der Waals surface area contributed by atoms with Gasteiger partial charge in [0.2, 0.25) is 5.76 Å². The second-order valence-corrected chi connectivity index (χ2v) is 5.13. The molecule has 2 aromatic heterocycles. The fourth-order valence-electron chi connectivity index (χ4n) is 2.08. The van der Waals surface area contributed by atoms with Crippen LogP contribution in [0.1, 0.15) is 32.4 Å². The molecule has 0 unspecified atom stereocenters. The first-order valence-corrected chi connectivity index (χ1v) is 7.27. The van der Waals surface area contributed by atoms with E-state index in [0.717, 1.165) is 0 Å². The van der Waals surface area contributed by atoms with Crippen molar-refractivity contribution >= 4 is 17.5 Å². The maximum Gasteiger partial charge on any atom is 0.294 e. The Bertz CT molecular complexity index is 852. The number of furan rings is 1. The highest BCUT2D eigenvalue weighted by molar-refractivity contribution is 6.03. The van der Waals surface area contributed by atoms with Gasteiger partial charge in [-0.05, 0) is 37.3 Å². The third-order valence-electron chi connectivity index (χ3n) is 3.24. The van der Waals surface area contributed by atoms with Crippen molar-refractivity contribution in [1.29, 1.82) is 0 Å². The maximum absolute atomic E-state index is 12.2. The maximum atomic E-state index is 12.2. The summed E-state index contributed by atoms with van der Waals surface area (Å²) in [6.07, 6.45) is 1.54. The van der Waals surface area contributed by atoms with E-state index in [1.165, 1.54) is 6.07 Å². The lowest BCUT2D eigenvalue weighted by Crippen LogP contribution is -2.22. The van der Waals surface area contributed by atoms with Gasteiger partial charge in [-0.15, -0.1) is 0 Å². The normalized spacial score (nSPS) is 10.4. The highest BCUT2D eigenvalue weighted by atomic mass is 16.5. The minimum Gasteiger partial charge on any atom is -0.467 e. The van der Waals surface area contributed by atoms with Crippen LogP contribution in [-0.4, -0.2) is 17.0 Å². The number of benzene rings is 1. The smallest absolute Gasteiger partial charge is 0.294 e. The summed E-state index contributed by atoms with van der Waals surface area (Å²) in [5.74, 6) is 0.0791. The summed E-state index contributed by atoms with van der Waals surface area (Å²) >= 11 is 0. The fourth-order valence-corrected chi connectivity index (χ4v) is 2.08. The fraction of sp³-hybridized carbons (Fsp3) is 0.118. The Hall–Kier alpha value is -3.35. The quantitative estimate of drug-likeness (QED) is 0.752. The molecule has 2 N–H and O–H groups in total. The molecule has 2 heterocycles. The molecule has 7 heteroatoms. The average Bonchev–Trinajstić information content (AvgIpc) is 3.24. The minimum absolute atomic E-state index is 0.111. The van der Waals surface area contributed by atoms with Crippen LogP contribution >= 0.6 is 0 Å². The number of anilines is 1. The largest absolute Gasteiger partial charge is 0.467 e. The van der Waals surface area contributed by atoms with Gasteiger partial charge in [-0.2, -0.15) is 0 Å². The van der Waals surface area contributed by atoms with Crippen molar-refractivity contribution in [1.82, 2.24) is 10.5 Å². The van der Waals surface area contributed by atoms with E-state index in [1.807, 2.05) is 0 Å². The third-order valence-corrected chi connectivity index (χ3v) is 3.24. The Labute approximate surface area is 137 Å². The lowest BCUT2D eigenvalue weighted by atomic mass is 10.2. The predicted molar refractivity (Wildman–Crippen MR) is 85.5 cm³/mol. The molecule has 24 heavy (non-hydrogen) atoms. The Kier molecular flexibility index (Phi) is 4.42. The minimum atomic E-state index is -0.427. The number of amides is 2. The van der Waals surface area contributed by atoms with E-state index < -0.39 is 5.91 Å². The molecule has 0 saturated carbocycles. The van der Waals surface area contributed by atoms with Gasteiger partial charge in [0.25, 0.3) is 11.8 Å². The van der Waals surface area contributed by atoms with Crippen molar-refractivity contribution in [2.45, 2.75) is 13.5 Å². The molecule has 0 saturated heterocycles. The highest BCUT2D eigenvalue weighted by Gasteiger charge is 2.13. The van der Waals surface area contributed by atoms with Crippen molar-refractivity contribution in [3.05, 3.63) is 71.5 Å². The number of hydrogen-bond donors (Lipinski definition) is 2. The molecule has 0 aliphatic heterocycles. The number of nitrogens with one attached hydrogen (secondary N) is 2. The van der Waals surface area contributed by atoms with Crippen LogP contribution < -0.4 is 10.6 Å². The standard InChI is InChI=1S/C17H15N3O4/c1-11-8-15(24-20-11)17(22)19-13-5-2-4-12(9-13)16(21)18-10-14-6-3-7-23-14/h2-9H,10H2,1H3,(H,18,21)(H,19,22). The summed E-state index contributed by atoms with van der Waals surface area (Å²) in [7, 11) is 0. The van der Waals surface area contributed by atoms with E-state index in [4.69, 9.17) is 8.94 Å². The van der Waals surface area contributed by atoms with Crippen molar-refractivity contribution in [3.8, 4) is 0 Å². The van der Waals surface area contributed by atoms with Gasteiger partial charge in [0.15, 0.2) is 0 Å². The number of carbonyl (C=O) groups excluding carboxylic acids is 2. The van der Waals surface area contributed by atoms with E-state index in [9.17, 15) is 9.59 Å². The second kappa shape index (κ2) is 6.82. The number of nitrogens with zero attached hydrogens (tertiary/aromatic N) is 1. The zero-order chi connectivity index (χ0) is 16.9. The van der Waals surface area contributed by atoms with E-state index in [1.54, 1.807) is 49.6 Å². The first-order chi connectivity index (χ1) is 11.6. The Morgan fingerprint density at radius 3 is 2.71 bits per heavy atom. The Balaban J connectivity index is 1.65. The number of aryl methyl sites for hydroxylation is 1. The van der Waals surface area contributed by atoms with Crippen LogP contribution in [0.15, 0.2) is 57.7 Å². The van der Waals surface area contributed by atoms with Crippen LogP contribution in [0.3, 0.4) is 0 Å². The molecule has 122 valence electrons. The number of hydrogen-bond acceptors (Lipinski definition) is 5. The van der Waals surface area contributed by atoms with Crippen molar-refractivity contribution < 1.29 is 18.5 Å². The van der Waals surface area contributed by atoms with Crippen molar-refractivity contribution in [2.24, 2.45) is 0 Å². The summed E-state index contributed by atoms with van der Waals surface area (Å²) in [4.78, 5) is 24.2. The SMILES string of the molecule is Cc1cc(C(=O)Nc2cccc(C(=O)NCc3ccco3)c2)on1. The van der Waals surface area contributed by atoms with Gasteiger partial charge in [-0.25, -0.2) is 0 Å².